The predicted octanol–water partition coefficient (Wildman–Crippen LogP) is 0.938. The third kappa shape index (κ3) is 4.44. The zero-order chi connectivity index (χ0) is 14.9. The summed E-state index contributed by atoms with van der Waals surface area (Å²) < 4.78 is 0. The van der Waals surface area contributed by atoms with Crippen LogP contribution in [0.15, 0.2) is 18.3 Å². The van der Waals surface area contributed by atoms with E-state index in [1.165, 1.54) is 6.42 Å². The van der Waals surface area contributed by atoms with Gasteiger partial charge in [0.25, 0.3) is 5.91 Å². The summed E-state index contributed by atoms with van der Waals surface area (Å²) in [6, 6.07) is 3.60. The average molecular weight is 290 g/mol. The van der Waals surface area contributed by atoms with Gasteiger partial charge in [-0.1, -0.05) is 0 Å². The summed E-state index contributed by atoms with van der Waals surface area (Å²) in [5.41, 5.74) is 0.628. The van der Waals surface area contributed by atoms with Crippen LogP contribution in [0.2, 0.25) is 0 Å². The van der Waals surface area contributed by atoms with Crippen LogP contribution in [0.25, 0.3) is 0 Å². The van der Waals surface area contributed by atoms with Gasteiger partial charge in [0, 0.05) is 32.4 Å². The summed E-state index contributed by atoms with van der Waals surface area (Å²) in [6.07, 6.45) is 6.65. The van der Waals surface area contributed by atoms with Crippen LogP contribution in [0.4, 0.5) is 5.82 Å². The Morgan fingerprint density at radius 2 is 2.10 bits per heavy atom. The molecule has 0 radical (unpaired) electrons. The first-order chi connectivity index (χ1) is 10.3. The Morgan fingerprint density at radius 3 is 2.86 bits per heavy atom. The molecule has 1 aromatic heterocycles. The number of amides is 2. The van der Waals surface area contributed by atoms with Crippen molar-refractivity contribution in [2.75, 3.05) is 31.1 Å². The lowest BCUT2D eigenvalue weighted by molar-refractivity contribution is -0.109. The first kappa shape index (κ1) is 15.3. The fraction of sp³-hybridized carbons (Fsp3) is 0.533. The van der Waals surface area contributed by atoms with Gasteiger partial charge in [0.15, 0.2) is 0 Å². The van der Waals surface area contributed by atoms with Crippen LogP contribution in [0.5, 0.6) is 0 Å². The van der Waals surface area contributed by atoms with Crippen LogP contribution in [0.1, 0.15) is 36.0 Å². The Bertz CT molecular complexity index is 472. The van der Waals surface area contributed by atoms with Crippen LogP contribution in [0.3, 0.4) is 0 Å². The van der Waals surface area contributed by atoms with Crippen molar-refractivity contribution >= 4 is 18.1 Å². The maximum Gasteiger partial charge on any atom is 0.255 e. The topological polar surface area (TPSA) is 74.3 Å². The van der Waals surface area contributed by atoms with E-state index in [4.69, 9.17) is 0 Å². The van der Waals surface area contributed by atoms with Gasteiger partial charge in [-0.25, -0.2) is 4.98 Å². The fourth-order valence-corrected chi connectivity index (χ4v) is 2.48. The summed E-state index contributed by atoms with van der Waals surface area (Å²) in [6.45, 7) is 3.02. The van der Waals surface area contributed by atoms with Crippen molar-refractivity contribution in [3.63, 3.8) is 0 Å². The smallest absolute Gasteiger partial charge is 0.255 e. The Balaban J connectivity index is 1.94. The fourth-order valence-electron chi connectivity index (χ4n) is 2.48. The van der Waals surface area contributed by atoms with Crippen LogP contribution < -0.4 is 15.5 Å². The highest BCUT2D eigenvalue weighted by atomic mass is 16.1. The number of anilines is 1. The minimum absolute atomic E-state index is 0.102. The standard InChI is InChI=1S/C15H22N4O2/c20-12-16-7-5-9-18-15(21)13-6-4-8-17-14(13)19-10-2-1-3-11-19/h4,6,8,12H,1-3,5,7,9-11H2,(H,16,20)(H,18,21). The molecule has 0 bridgehead atoms. The molecule has 0 aliphatic carbocycles. The van der Waals surface area contributed by atoms with E-state index >= 15 is 0 Å². The summed E-state index contributed by atoms with van der Waals surface area (Å²) in [5.74, 6) is 0.676. The van der Waals surface area contributed by atoms with Gasteiger partial charge in [0.1, 0.15) is 5.82 Å². The molecule has 1 aromatic rings. The Labute approximate surface area is 124 Å². The van der Waals surface area contributed by atoms with E-state index < -0.39 is 0 Å². The van der Waals surface area contributed by atoms with Gasteiger partial charge in [-0.3, -0.25) is 9.59 Å². The molecule has 6 heteroatoms. The molecule has 1 aliphatic heterocycles. The highest BCUT2D eigenvalue weighted by Crippen LogP contribution is 2.21. The summed E-state index contributed by atoms with van der Waals surface area (Å²) in [7, 11) is 0. The van der Waals surface area contributed by atoms with E-state index in [0.717, 1.165) is 31.7 Å². The number of hydrogen-bond acceptors (Lipinski definition) is 4. The second kappa shape index (κ2) is 8.24. The maximum atomic E-state index is 12.3. The summed E-state index contributed by atoms with van der Waals surface area (Å²) in [5, 5.41) is 5.45. The first-order valence-electron chi connectivity index (χ1n) is 7.48. The molecule has 6 nitrogen and oxygen atoms in total. The third-order valence-corrected chi connectivity index (χ3v) is 3.55. The zero-order valence-corrected chi connectivity index (χ0v) is 12.2. The normalized spacial score (nSPS) is 14.6. The third-order valence-electron chi connectivity index (χ3n) is 3.55. The number of rotatable bonds is 7. The Kier molecular flexibility index (Phi) is 5.99. The summed E-state index contributed by atoms with van der Waals surface area (Å²) >= 11 is 0. The van der Waals surface area contributed by atoms with Crippen molar-refractivity contribution in [3.8, 4) is 0 Å². The quantitative estimate of drug-likeness (QED) is 0.579. The van der Waals surface area contributed by atoms with Gasteiger partial charge in [0.05, 0.1) is 5.56 Å². The SMILES string of the molecule is O=CNCCCNC(=O)c1cccnc1N1CCCCC1. The van der Waals surface area contributed by atoms with E-state index in [9.17, 15) is 9.59 Å². The molecule has 21 heavy (non-hydrogen) atoms. The second-order valence-electron chi connectivity index (χ2n) is 5.10. The van der Waals surface area contributed by atoms with Crippen molar-refractivity contribution < 1.29 is 9.59 Å². The molecule has 2 N–H and O–H groups in total. The highest BCUT2D eigenvalue weighted by molar-refractivity contribution is 5.98. The Morgan fingerprint density at radius 1 is 1.29 bits per heavy atom. The van der Waals surface area contributed by atoms with Gasteiger partial charge in [-0.15, -0.1) is 0 Å². The monoisotopic (exact) mass is 290 g/mol. The lowest BCUT2D eigenvalue weighted by Crippen LogP contribution is -2.34. The number of piperidine rings is 1. The summed E-state index contributed by atoms with van der Waals surface area (Å²) in [4.78, 5) is 29.0. The molecule has 1 aliphatic rings. The highest BCUT2D eigenvalue weighted by Gasteiger charge is 2.19. The van der Waals surface area contributed by atoms with Crippen LogP contribution in [-0.4, -0.2) is 43.5 Å². The van der Waals surface area contributed by atoms with E-state index in [1.54, 1.807) is 12.3 Å². The molecule has 1 saturated heterocycles. The molecule has 2 rings (SSSR count). The molecule has 0 aromatic carbocycles. The van der Waals surface area contributed by atoms with Crippen molar-refractivity contribution in [2.24, 2.45) is 0 Å². The number of carbonyl (C=O) groups is 2. The van der Waals surface area contributed by atoms with Crippen molar-refractivity contribution in [2.45, 2.75) is 25.7 Å². The molecule has 0 atom stereocenters. The number of nitrogens with zero attached hydrogens (tertiary/aromatic N) is 2. The lowest BCUT2D eigenvalue weighted by Gasteiger charge is -2.29. The minimum Gasteiger partial charge on any atom is -0.359 e. The van der Waals surface area contributed by atoms with Crippen LogP contribution in [0, 0.1) is 0 Å². The number of nitrogens with one attached hydrogen (secondary N) is 2. The van der Waals surface area contributed by atoms with Gasteiger partial charge in [-0.05, 0) is 37.8 Å². The van der Waals surface area contributed by atoms with E-state index in [2.05, 4.69) is 20.5 Å². The molecule has 0 spiro atoms. The number of hydrogen-bond donors (Lipinski definition) is 2. The second-order valence-corrected chi connectivity index (χ2v) is 5.10. The largest absolute Gasteiger partial charge is 0.359 e. The maximum absolute atomic E-state index is 12.3. The molecular formula is C15H22N4O2. The first-order valence-corrected chi connectivity index (χ1v) is 7.48. The number of carbonyl (C=O) groups excluding carboxylic acids is 2. The molecule has 0 saturated carbocycles. The van der Waals surface area contributed by atoms with E-state index in [1.807, 2.05) is 6.07 Å². The molecule has 2 heterocycles. The van der Waals surface area contributed by atoms with Gasteiger partial charge in [0.2, 0.25) is 6.41 Å². The molecular weight excluding hydrogens is 268 g/mol. The van der Waals surface area contributed by atoms with E-state index in [0.29, 0.717) is 31.5 Å². The van der Waals surface area contributed by atoms with Crippen molar-refractivity contribution in [3.05, 3.63) is 23.9 Å². The molecule has 2 amide bonds. The van der Waals surface area contributed by atoms with Crippen LogP contribution in [-0.2, 0) is 4.79 Å². The van der Waals surface area contributed by atoms with Crippen molar-refractivity contribution in [1.29, 1.82) is 0 Å². The van der Waals surface area contributed by atoms with Crippen LogP contribution >= 0.6 is 0 Å². The van der Waals surface area contributed by atoms with Crippen molar-refractivity contribution in [1.82, 2.24) is 15.6 Å². The molecule has 114 valence electrons. The Hall–Kier alpha value is -2.11. The minimum atomic E-state index is -0.102. The lowest BCUT2D eigenvalue weighted by atomic mass is 10.1. The number of aromatic nitrogens is 1. The molecule has 0 unspecified atom stereocenters. The predicted molar refractivity (Wildman–Crippen MR) is 81.3 cm³/mol. The van der Waals surface area contributed by atoms with E-state index in [-0.39, 0.29) is 5.91 Å². The van der Waals surface area contributed by atoms with Gasteiger partial charge in [-0.2, -0.15) is 0 Å². The van der Waals surface area contributed by atoms with Gasteiger partial charge < -0.3 is 15.5 Å². The number of pyridine rings is 1. The van der Waals surface area contributed by atoms with Gasteiger partial charge >= 0.3 is 0 Å². The molecule has 1 fully saturated rings. The average Bonchev–Trinajstić information content (AvgIpc) is 2.55. The zero-order valence-electron chi connectivity index (χ0n) is 12.2.